The van der Waals surface area contributed by atoms with Crippen molar-refractivity contribution in [1.82, 2.24) is 9.97 Å². The molecule has 1 heterocycles. The van der Waals surface area contributed by atoms with Crippen LogP contribution in [0.2, 0.25) is 0 Å². The number of benzene rings is 1. The van der Waals surface area contributed by atoms with Gasteiger partial charge in [0.15, 0.2) is 5.16 Å². The molecule has 0 saturated carbocycles. The molecule has 0 saturated heterocycles. The van der Waals surface area contributed by atoms with Gasteiger partial charge in [-0.1, -0.05) is 24.8 Å². The predicted octanol–water partition coefficient (Wildman–Crippen LogP) is 2.96. The molecule has 0 atom stereocenters. The quantitative estimate of drug-likeness (QED) is 0.446. The average molecular weight is 278 g/mol. The molecule has 94 valence electrons. The molecule has 2 aromatic rings. The minimum Gasteiger partial charge on any atom is -0.384 e. The third-order valence-electron chi connectivity index (χ3n) is 2.24. The third kappa shape index (κ3) is 2.88. The van der Waals surface area contributed by atoms with E-state index in [1.165, 1.54) is 11.8 Å². The van der Waals surface area contributed by atoms with Gasteiger partial charge in [-0.3, -0.25) is 5.41 Å². The summed E-state index contributed by atoms with van der Waals surface area (Å²) in [5.74, 6) is 1.05. The fourth-order valence-corrected chi connectivity index (χ4v) is 3.38. The Balaban J connectivity index is 2.39. The lowest BCUT2D eigenvalue weighted by atomic mass is 10.2. The number of nitrogens with zero attached hydrogens (tertiary/aromatic N) is 1. The van der Waals surface area contributed by atoms with Gasteiger partial charge >= 0.3 is 0 Å². The Bertz CT molecular complexity index is 537. The van der Waals surface area contributed by atoms with Gasteiger partial charge in [0.1, 0.15) is 5.84 Å². The summed E-state index contributed by atoms with van der Waals surface area (Å²) in [7, 11) is 0. The van der Waals surface area contributed by atoms with Gasteiger partial charge in [-0.2, -0.15) is 0 Å². The van der Waals surface area contributed by atoms with Gasteiger partial charge in [-0.25, -0.2) is 4.98 Å². The number of hydrogen-bond donors (Lipinski definition) is 3. The van der Waals surface area contributed by atoms with Crippen LogP contribution in [0.15, 0.2) is 45.5 Å². The molecular weight excluding hydrogens is 264 g/mol. The van der Waals surface area contributed by atoms with Gasteiger partial charge in [0.2, 0.25) is 0 Å². The van der Waals surface area contributed by atoms with Crippen LogP contribution in [-0.4, -0.2) is 21.6 Å². The Hall–Kier alpha value is -1.40. The maximum absolute atomic E-state index is 7.74. The first kappa shape index (κ1) is 13.0. The number of nitrogen functional groups attached to an aromatic ring is 1. The SMILES string of the molecule is CCSc1cccc(Sc2ncc[nH]2)c1C(=N)N. The molecule has 1 aromatic carbocycles. The highest BCUT2D eigenvalue weighted by Crippen LogP contribution is 2.33. The maximum Gasteiger partial charge on any atom is 0.170 e. The molecule has 0 aliphatic carbocycles. The lowest BCUT2D eigenvalue weighted by Gasteiger charge is -2.11. The van der Waals surface area contributed by atoms with Crippen molar-refractivity contribution >= 4 is 29.4 Å². The zero-order valence-electron chi connectivity index (χ0n) is 9.93. The van der Waals surface area contributed by atoms with E-state index in [1.807, 2.05) is 18.2 Å². The highest BCUT2D eigenvalue weighted by Gasteiger charge is 2.13. The summed E-state index contributed by atoms with van der Waals surface area (Å²) in [4.78, 5) is 9.21. The van der Waals surface area contributed by atoms with Crippen LogP contribution in [0.3, 0.4) is 0 Å². The fourth-order valence-electron chi connectivity index (χ4n) is 1.55. The molecular formula is C12H14N4S2. The summed E-state index contributed by atoms with van der Waals surface area (Å²) in [6, 6.07) is 5.94. The molecule has 4 N–H and O–H groups in total. The van der Waals surface area contributed by atoms with Crippen LogP contribution in [0.25, 0.3) is 0 Å². The second-order valence-electron chi connectivity index (χ2n) is 3.47. The van der Waals surface area contributed by atoms with Crippen LogP contribution in [0.5, 0.6) is 0 Å². The zero-order valence-corrected chi connectivity index (χ0v) is 11.6. The summed E-state index contributed by atoms with van der Waals surface area (Å²) in [6.45, 7) is 2.08. The van der Waals surface area contributed by atoms with E-state index in [4.69, 9.17) is 11.1 Å². The third-order valence-corrected chi connectivity index (χ3v) is 4.15. The van der Waals surface area contributed by atoms with E-state index in [9.17, 15) is 0 Å². The molecule has 0 fully saturated rings. The molecule has 0 unspecified atom stereocenters. The first-order valence-corrected chi connectivity index (χ1v) is 7.30. The van der Waals surface area contributed by atoms with Gasteiger partial charge < -0.3 is 10.7 Å². The Kier molecular flexibility index (Phi) is 4.33. The van der Waals surface area contributed by atoms with Crippen molar-refractivity contribution in [2.75, 3.05) is 5.75 Å². The minimum atomic E-state index is 0.0978. The molecule has 0 aliphatic rings. The Morgan fingerprint density at radius 1 is 1.44 bits per heavy atom. The number of nitrogens with two attached hydrogens (primary N) is 1. The lowest BCUT2D eigenvalue weighted by Crippen LogP contribution is -2.13. The normalized spacial score (nSPS) is 10.5. The first-order valence-electron chi connectivity index (χ1n) is 5.49. The average Bonchev–Trinajstić information content (AvgIpc) is 2.82. The van der Waals surface area contributed by atoms with Crippen LogP contribution in [0, 0.1) is 5.41 Å². The van der Waals surface area contributed by atoms with Crippen molar-refractivity contribution in [2.45, 2.75) is 21.9 Å². The molecule has 4 nitrogen and oxygen atoms in total. The van der Waals surface area contributed by atoms with Crippen molar-refractivity contribution < 1.29 is 0 Å². The Labute approximate surface area is 114 Å². The molecule has 2 rings (SSSR count). The Morgan fingerprint density at radius 3 is 2.83 bits per heavy atom. The maximum atomic E-state index is 7.74. The molecule has 6 heteroatoms. The Morgan fingerprint density at radius 2 is 2.22 bits per heavy atom. The van der Waals surface area contributed by atoms with E-state index in [1.54, 1.807) is 24.2 Å². The van der Waals surface area contributed by atoms with Crippen LogP contribution in [0.4, 0.5) is 0 Å². The van der Waals surface area contributed by atoms with E-state index in [-0.39, 0.29) is 5.84 Å². The molecule has 0 aliphatic heterocycles. The smallest absolute Gasteiger partial charge is 0.170 e. The monoisotopic (exact) mass is 278 g/mol. The summed E-state index contributed by atoms with van der Waals surface area (Å²) >= 11 is 3.18. The van der Waals surface area contributed by atoms with Crippen molar-refractivity contribution in [1.29, 1.82) is 5.41 Å². The van der Waals surface area contributed by atoms with E-state index in [2.05, 4.69) is 16.9 Å². The standard InChI is InChI=1S/C12H14N4S2/c1-2-17-8-4-3-5-9(10(8)11(13)14)18-12-15-6-7-16-12/h3-7H,2H2,1H3,(H3,13,14)(H,15,16). The molecule has 18 heavy (non-hydrogen) atoms. The molecule has 0 amide bonds. The van der Waals surface area contributed by atoms with Crippen LogP contribution in [0.1, 0.15) is 12.5 Å². The largest absolute Gasteiger partial charge is 0.384 e. The molecule has 0 bridgehead atoms. The molecule has 0 spiro atoms. The number of thioether (sulfide) groups is 1. The van der Waals surface area contributed by atoms with Gasteiger partial charge in [0.05, 0.1) is 0 Å². The summed E-state index contributed by atoms with van der Waals surface area (Å²) in [5.41, 5.74) is 6.50. The topological polar surface area (TPSA) is 78.5 Å². The number of nitrogens with one attached hydrogen (secondary N) is 2. The fraction of sp³-hybridized carbons (Fsp3) is 0.167. The van der Waals surface area contributed by atoms with Crippen molar-refractivity contribution in [3.63, 3.8) is 0 Å². The number of H-pyrrole nitrogens is 1. The summed E-state index contributed by atoms with van der Waals surface area (Å²) < 4.78 is 0. The lowest BCUT2D eigenvalue weighted by molar-refractivity contribution is 1.05. The van der Waals surface area contributed by atoms with Crippen LogP contribution < -0.4 is 5.73 Å². The second kappa shape index (κ2) is 5.97. The van der Waals surface area contributed by atoms with Gasteiger partial charge in [-0.15, -0.1) is 11.8 Å². The number of aromatic nitrogens is 2. The van der Waals surface area contributed by atoms with Crippen molar-refractivity contribution in [3.8, 4) is 0 Å². The highest BCUT2D eigenvalue weighted by molar-refractivity contribution is 8.00. The number of hydrogen-bond acceptors (Lipinski definition) is 4. The van der Waals surface area contributed by atoms with Crippen molar-refractivity contribution in [3.05, 3.63) is 36.2 Å². The second-order valence-corrected chi connectivity index (χ2v) is 5.81. The predicted molar refractivity (Wildman–Crippen MR) is 76.6 cm³/mol. The van der Waals surface area contributed by atoms with E-state index in [0.29, 0.717) is 0 Å². The summed E-state index contributed by atoms with van der Waals surface area (Å²) in [5, 5.41) is 8.55. The summed E-state index contributed by atoms with van der Waals surface area (Å²) in [6.07, 6.45) is 3.49. The van der Waals surface area contributed by atoms with Crippen molar-refractivity contribution in [2.24, 2.45) is 5.73 Å². The molecule has 1 aromatic heterocycles. The first-order chi connectivity index (χ1) is 8.72. The number of amidine groups is 1. The number of rotatable bonds is 5. The minimum absolute atomic E-state index is 0.0978. The number of aromatic amines is 1. The van der Waals surface area contributed by atoms with Gasteiger partial charge in [0, 0.05) is 27.7 Å². The van der Waals surface area contributed by atoms with Gasteiger partial charge in [0.25, 0.3) is 0 Å². The van der Waals surface area contributed by atoms with Gasteiger partial charge in [-0.05, 0) is 17.9 Å². The van der Waals surface area contributed by atoms with Crippen LogP contribution >= 0.6 is 23.5 Å². The van der Waals surface area contributed by atoms with E-state index in [0.717, 1.165) is 26.3 Å². The van der Waals surface area contributed by atoms with E-state index < -0.39 is 0 Å². The van der Waals surface area contributed by atoms with E-state index >= 15 is 0 Å². The molecule has 0 radical (unpaired) electrons. The highest BCUT2D eigenvalue weighted by atomic mass is 32.2. The number of imidazole rings is 1. The zero-order chi connectivity index (χ0) is 13.0. The van der Waals surface area contributed by atoms with Crippen LogP contribution in [-0.2, 0) is 0 Å².